The molecule has 2 N–H and O–H groups in total. The molecular weight excluding hydrogens is 387 g/mol. The van der Waals surface area contributed by atoms with Crippen LogP contribution in [0.3, 0.4) is 0 Å². The van der Waals surface area contributed by atoms with E-state index in [-0.39, 0.29) is 0 Å². The number of hydrazone groups is 1. The van der Waals surface area contributed by atoms with E-state index in [9.17, 15) is 0 Å². The molecule has 0 unspecified atom stereocenters. The first kappa shape index (κ1) is 19.0. The van der Waals surface area contributed by atoms with Crippen LogP contribution in [-0.4, -0.2) is 28.6 Å². The molecule has 2 aromatic carbocycles. The largest absolute Gasteiger partial charge is 0.495 e. The quantitative estimate of drug-likeness (QED) is 0.452. The summed E-state index contributed by atoms with van der Waals surface area (Å²) in [6, 6.07) is 9.09. The Balaban J connectivity index is 1.91. The van der Waals surface area contributed by atoms with Crippen molar-refractivity contribution >= 4 is 47.2 Å². The molecule has 0 aliphatic heterocycles. The summed E-state index contributed by atoms with van der Waals surface area (Å²) in [5.74, 6) is 1.67. The van der Waals surface area contributed by atoms with Crippen molar-refractivity contribution in [3.63, 3.8) is 0 Å². The highest BCUT2D eigenvalue weighted by Crippen LogP contribution is 2.33. The molecule has 0 amide bonds. The van der Waals surface area contributed by atoms with Gasteiger partial charge in [-0.05, 0) is 42.8 Å². The molecule has 1 heterocycles. The van der Waals surface area contributed by atoms with Gasteiger partial charge in [0, 0.05) is 19.3 Å². The van der Waals surface area contributed by atoms with E-state index in [0.29, 0.717) is 33.3 Å². The monoisotopic (exact) mass is 404 g/mol. The number of aryl methyl sites for hydroxylation is 1. The van der Waals surface area contributed by atoms with E-state index >= 15 is 0 Å². The van der Waals surface area contributed by atoms with Crippen molar-refractivity contribution < 1.29 is 4.74 Å². The van der Waals surface area contributed by atoms with E-state index in [1.807, 2.05) is 25.1 Å². The lowest BCUT2D eigenvalue weighted by atomic mass is 10.2. The van der Waals surface area contributed by atoms with Crippen LogP contribution in [-0.2, 0) is 7.05 Å². The van der Waals surface area contributed by atoms with Crippen LogP contribution < -0.4 is 15.5 Å². The lowest BCUT2D eigenvalue weighted by Gasteiger charge is -2.12. The molecular formula is C18H18Cl2N6O. The fourth-order valence-electron chi connectivity index (χ4n) is 2.53. The number of hydrogen-bond donors (Lipinski definition) is 2. The van der Waals surface area contributed by atoms with Crippen LogP contribution in [0.2, 0.25) is 10.0 Å². The minimum atomic E-state index is 0.495. The molecule has 0 atom stereocenters. The van der Waals surface area contributed by atoms with Gasteiger partial charge in [-0.2, -0.15) is 10.1 Å². The topological polar surface area (TPSA) is 76.4 Å². The highest BCUT2D eigenvalue weighted by atomic mass is 35.5. The zero-order valence-electron chi connectivity index (χ0n) is 15.0. The molecule has 9 heteroatoms. The van der Waals surface area contributed by atoms with Gasteiger partial charge in [0.15, 0.2) is 5.82 Å². The molecule has 140 valence electrons. The molecule has 1 aromatic heterocycles. The van der Waals surface area contributed by atoms with Gasteiger partial charge in [0.1, 0.15) is 5.75 Å². The SMILES string of the molecule is C=NNc1ccc(Nc2nc(-c3ccc(OC)c(Cl)c3)nn2C)c(Cl)c1C. The lowest BCUT2D eigenvalue weighted by molar-refractivity contribution is 0.415. The van der Waals surface area contributed by atoms with Gasteiger partial charge in [0.2, 0.25) is 5.95 Å². The first-order valence-electron chi connectivity index (χ1n) is 7.97. The molecule has 0 aliphatic rings. The van der Waals surface area contributed by atoms with E-state index in [4.69, 9.17) is 27.9 Å². The molecule has 0 spiro atoms. The van der Waals surface area contributed by atoms with Crippen molar-refractivity contribution in [3.8, 4) is 17.1 Å². The minimum absolute atomic E-state index is 0.495. The number of aromatic nitrogens is 3. The fraction of sp³-hybridized carbons (Fsp3) is 0.167. The van der Waals surface area contributed by atoms with Gasteiger partial charge in [-0.25, -0.2) is 4.68 Å². The second-order valence-electron chi connectivity index (χ2n) is 5.73. The van der Waals surface area contributed by atoms with Crippen molar-refractivity contribution in [3.05, 3.63) is 45.9 Å². The summed E-state index contributed by atoms with van der Waals surface area (Å²) in [4.78, 5) is 4.54. The summed E-state index contributed by atoms with van der Waals surface area (Å²) < 4.78 is 6.81. The van der Waals surface area contributed by atoms with Crippen LogP contribution in [0, 0.1) is 6.92 Å². The predicted molar refractivity (Wildman–Crippen MR) is 111 cm³/mol. The van der Waals surface area contributed by atoms with E-state index < -0.39 is 0 Å². The number of nitrogens with one attached hydrogen (secondary N) is 2. The summed E-state index contributed by atoms with van der Waals surface area (Å²) in [5, 5.41) is 12.4. The number of hydrogen-bond acceptors (Lipinski definition) is 6. The molecule has 0 aliphatic carbocycles. The molecule has 7 nitrogen and oxygen atoms in total. The molecule has 3 rings (SSSR count). The van der Waals surface area contributed by atoms with Crippen LogP contribution in [0.5, 0.6) is 5.75 Å². The Morgan fingerprint density at radius 1 is 1.19 bits per heavy atom. The van der Waals surface area contributed by atoms with Crippen molar-refractivity contribution in [2.24, 2.45) is 12.1 Å². The van der Waals surface area contributed by atoms with Crippen LogP contribution in [0.4, 0.5) is 17.3 Å². The Bertz CT molecular complexity index is 1000. The van der Waals surface area contributed by atoms with Gasteiger partial charge in [0.25, 0.3) is 0 Å². The summed E-state index contributed by atoms with van der Waals surface area (Å²) in [5.41, 5.74) is 5.92. The third-order valence-electron chi connectivity index (χ3n) is 4.01. The number of halogens is 2. The van der Waals surface area contributed by atoms with Gasteiger partial charge in [-0.3, -0.25) is 5.43 Å². The summed E-state index contributed by atoms with van der Waals surface area (Å²) in [6.07, 6.45) is 0. The van der Waals surface area contributed by atoms with E-state index in [1.54, 1.807) is 31.0 Å². The standard InChI is InChI=1S/C18H18Cl2N6O/c1-10-13(24-21-2)6-7-14(16(10)20)22-18-23-17(25-26(18)3)11-5-8-15(27-4)12(19)9-11/h5-9,24H,2H2,1,3-4H3,(H,22,23,25). The van der Waals surface area contributed by atoms with Crippen molar-refractivity contribution in [2.45, 2.75) is 6.92 Å². The van der Waals surface area contributed by atoms with E-state index in [0.717, 1.165) is 16.8 Å². The molecule has 0 fully saturated rings. The number of benzene rings is 2. The Labute approximate surface area is 167 Å². The zero-order valence-corrected chi connectivity index (χ0v) is 16.6. The lowest BCUT2D eigenvalue weighted by Crippen LogP contribution is -2.02. The maximum atomic E-state index is 6.46. The van der Waals surface area contributed by atoms with Crippen LogP contribution in [0.25, 0.3) is 11.4 Å². The Morgan fingerprint density at radius 3 is 2.59 bits per heavy atom. The molecule has 0 saturated heterocycles. The number of methoxy groups -OCH3 is 1. The van der Waals surface area contributed by atoms with Crippen LogP contribution in [0.1, 0.15) is 5.56 Å². The second-order valence-corrected chi connectivity index (χ2v) is 6.51. The average molecular weight is 405 g/mol. The maximum Gasteiger partial charge on any atom is 0.225 e. The van der Waals surface area contributed by atoms with Gasteiger partial charge in [-0.15, -0.1) is 5.10 Å². The van der Waals surface area contributed by atoms with Crippen molar-refractivity contribution in [2.75, 3.05) is 17.9 Å². The average Bonchev–Trinajstić information content (AvgIpc) is 3.02. The van der Waals surface area contributed by atoms with Gasteiger partial charge >= 0.3 is 0 Å². The van der Waals surface area contributed by atoms with Crippen molar-refractivity contribution in [1.82, 2.24) is 14.8 Å². The number of nitrogens with zero attached hydrogens (tertiary/aromatic N) is 4. The predicted octanol–water partition coefficient (Wildman–Crippen LogP) is 4.88. The highest BCUT2D eigenvalue weighted by molar-refractivity contribution is 6.34. The maximum absolute atomic E-state index is 6.46. The highest BCUT2D eigenvalue weighted by Gasteiger charge is 2.14. The smallest absolute Gasteiger partial charge is 0.225 e. The molecule has 3 aromatic rings. The third kappa shape index (κ3) is 3.84. The third-order valence-corrected chi connectivity index (χ3v) is 4.79. The molecule has 27 heavy (non-hydrogen) atoms. The van der Waals surface area contributed by atoms with Gasteiger partial charge in [-0.1, -0.05) is 23.2 Å². The van der Waals surface area contributed by atoms with E-state index in [1.165, 1.54) is 0 Å². The minimum Gasteiger partial charge on any atom is -0.495 e. The molecule has 0 radical (unpaired) electrons. The van der Waals surface area contributed by atoms with Crippen molar-refractivity contribution in [1.29, 1.82) is 0 Å². The first-order valence-corrected chi connectivity index (χ1v) is 8.73. The zero-order chi connectivity index (χ0) is 19.6. The summed E-state index contributed by atoms with van der Waals surface area (Å²) in [6.45, 7) is 5.31. The summed E-state index contributed by atoms with van der Waals surface area (Å²) in [7, 11) is 3.36. The summed E-state index contributed by atoms with van der Waals surface area (Å²) >= 11 is 12.7. The Morgan fingerprint density at radius 2 is 1.93 bits per heavy atom. The van der Waals surface area contributed by atoms with Crippen LogP contribution in [0.15, 0.2) is 35.4 Å². The van der Waals surface area contributed by atoms with Gasteiger partial charge < -0.3 is 10.1 Å². The van der Waals surface area contributed by atoms with Gasteiger partial charge in [0.05, 0.1) is 28.5 Å². The first-order chi connectivity index (χ1) is 12.9. The normalized spacial score (nSPS) is 10.6. The fourth-order valence-corrected chi connectivity index (χ4v) is 3.00. The number of ether oxygens (including phenoxy) is 1. The van der Waals surface area contributed by atoms with Crippen LogP contribution >= 0.6 is 23.2 Å². The van der Waals surface area contributed by atoms with E-state index in [2.05, 4.69) is 32.6 Å². The Kier molecular flexibility index (Phi) is 5.53. The molecule has 0 saturated carbocycles. The number of anilines is 3. The molecule has 0 bridgehead atoms. The number of rotatable bonds is 6. The second kappa shape index (κ2) is 7.85. The Hall–Kier alpha value is -2.77.